The second kappa shape index (κ2) is 5.74. The summed E-state index contributed by atoms with van der Waals surface area (Å²) in [7, 11) is 0. The smallest absolute Gasteiger partial charge is 0.311 e. The molecule has 19 heavy (non-hydrogen) atoms. The molecular weight excluding hydrogens is 262 g/mol. The number of carboxylic acid groups (broad SMARTS) is 1. The minimum absolute atomic E-state index is 0.0700. The van der Waals surface area contributed by atoms with Crippen LogP contribution in [0.15, 0.2) is 17.5 Å². The van der Waals surface area contributed by atoms with E-state index < -0.39 is 11.4 Å². The van der Waals surface area contributed by atoms with Gasteiger partial charge in [-0.3, -0.25) is 9.59 Å². The van der Waals surface area contributed by atoms with Crippen LogP contribution >= 0.6 is 11.3 Å². The first-order chi connectivity index (χ1) is 9.01. The molecule has 5 heteroatoms. The number of thiophene rings is 1. The molecule has 0 aliphatic carbocycles. The van der Waals surface area contributed by atoms with Crippen molar-refractivity contribution >= 4 is 23.2 Å². The zero-order chi connectivity index (χ0) is 13.9. The lowest BCUT2D eigenvalue weighted by Crippen LogP contribution is -2.48. The van der Waals surface area contributed by atoms with Gasteiger partial charge in [0.05, 0.1) is 5.41 Å². The van der Waals surface area contributed by atoms with Crippen molar-refractivity contribution in [3.8, 4) is 0 Å². The van der Waals surface area contributed by atoms with E-state index in [0.29, 0.717) is 25.9 Å². The molecule has 1 aromatic rings. The molecule has 1 atom stereocenters. The second-order valence-electron chi connectivity index (χ2n) is 5.36. The molecule has 1 amide bonds. The van der Waals surface area contributed by atoms with Gasteiger partial charge in [-0.05, 0) is 37.6 Å². The van der Waals surface area contributed by atoms with Crippen LogP contribution in [-0.4, -0.2) is 35.0 Å². The number of aryl methyl sites for hydroxylation is 1. The monoisotopic (exact) mass is 281 g/mol. The summed E-state index contributed by atoms with van der Waals surface area (Å²) < 4.78 is 0. The molecule has 104 valence electrons. The number of piperidine rings is 1. The number of rotatable bonds is 4. The molecule has 1 aliphatic rings. The highest BCUT2D eigenvalue weighted by molar-refractivity contribution is 7.09. The van der Waals surface area contributed by atoms with Crippen LogP contribution in [0.2, 0.25) is 0 Å². The molecule has 0 radical (unpaired) electrons. The Balaban J connectivity index is 1.90. The van der Waals surface area contributed by atoms with Gasteiger partial charge in [0.15, 0.2) is 0 Å². The van der Waals surface area contributed by atoms with E-state index in [2.05, 4.69) is 0 Å². The predicted octanol–water partition coefficient (Wildman–Crippen LogP) is 2.39. The van der Waals surface area contributed by atoms with Crippen molar-refractivity contribution in [2.75, 3.05) is 13.1 Å². The Morgan fingerprint density at radius 1 is 1.53 bits per heavy atom. The number of hydrogen-bond donors (Lipinski definition) is 1. The van der Waals surface area contributed by atoms with E-state index in [1.54, 1.807) is 23.2 Å². The van der Waals surface area contributed by atoms with Crippen LogP contribution in [0.25, 0.3) is 0 Å². The third-order valence-electron chi connectivity index (χ3n) is 3.73. The summed E-state index contributed by atoms with van der Waals surface area (Å²) in [6.07, 6.45) is 2.64. The normalized spacial score (nSPS) is 23.3. The first-order valence-electron chi connectivity index (χ1n) is 6.55. The summed E-state index contributed by atoms with van der Waals surface area (Å²) in [5, 5.41) is 11.2. The molecule has 0 spiro atoms. The Hall–Kier alpha value is -1.36. The highest BCUT2D eigenvalue weighted by atomic mass is 32.1. The lowest BCUT2D eigenvalue weighted by molar-refractivity contribution is -0.153. The number of carboxylic acids is 1. The molecule has 1 unspecified atom stereocenters. The molecule has 0 saturated carbocycles. The van der Waals surface area contributed by atoms with Gasteiger partial charge in [-0.1, -0.05) is 6.07 Å². The fourth-order valence-electron chi connectivity index (χ4n) is 2.47. The lowest BCUT2D eigenvalue weighted by atomic mass is 9.82. The topological polar surface area (TPSA) is 57.6 Å². The number of carbonyl (C=O) groups is 2. The second-order valence-corrected chi connectivity index (χ2v) is 6.40. The van der Waals surface area contributed by atoms with Crippen LogP contribution in [0.1, 0.15) is 31.1 Å². The van der Waals surface area contributed by atoms with Crippen molar-refractivity contribution in [2.45, 2.75) is 32.6 Å². The van der Waals surface area contributed by atoms with Gasteiger partial charge in [0.1, 0.15) is 0 Å². The maximum Gasteiger partial charge on any atom is 0.311 e. The number of nitrogens with zero attached hydrogens (tertiary/aromatic N) is 1. The van der Waals surface area contributed by atoms with E-state index in [0.717, 1.165) is 12.8 Å². The fourth-order valence-corrected chi connectivity index (χ4v) is 3.18. The van der Waals surface area contributed by atoms with E-state index in [1.807, 2.05) is 17.5 Å². The van der Waals surface area contributed by atoms with Crippen LogP contribution in [0, 0.1) is 5.41 Å². The SMILES string of the molecule is CC1(C(=O)O)CCCN(C(=O)CCc2cccs2)C1. The highest BCUT2D eigenvalue weighted by Crippen LogP contribution is 2.30. The van der Waals surface area contributed by atoms with Crippen molar-refractivity contribution < 1.29 is 14.7 Å². The average Bonchev–Trinajstić information content (AvgIpc) is 2.89. The van der Waals surface area contributed by atoms with Gasteiger partial charge in [0.2, 0.25) is 5.91 Å². The largest absolute Gasteiger partial charge is 0.481 e. The predicted molar refractivity (Wildman–Crippen MR) is 74.2 cm³/mol. The van der Waals surface area contributed by atoms with Gasteiger partial charge in [0.25, 0.3) is 0 Å². The Morgan fingerprint density at radius 2 is 2.32 bits per heavy atom. The van der Waals surface area contributed by atoms with Gasteiger partial charge in [-0.15, -0.1) is 11.3 Å². The summed E-state index contributed by atoms with van der Waals surface area (Å²) in [5.74, 6) is -0.733. The van der Waals surface area contributed by atoms with Crippen LogP contribution < -0.4 is 0 Å². The van der Waals surface area contributed by atoms with E-state index in [-0.39, 0.29) is 5.91 Å². The summed E-state index contributed by atoms with van der Waals surface area (Å²) in [4.78, 5) is 26.3. The van der Waals surface area contributed by atoms with Crippen LogP contribution in [0.3, 0.4) is 0 Å². The maximum atomic E-state index is 12.1. The lowest BCUT2D eigenvalue weighted by Gasteiger charge is -2.37. The zero-order valence-corrected chi connectivity index (χ0v) is 11.9. The summed E-state index contributed by atoms with van der Waals surface area (Å²) in [5.41, 5.74) is -0.781. The van der Waals surface area contributed by atoms with Crippen molar-refractivity contribution in [1.29, 1.82) is 0 Å². The molecule has 1 fully saturated rings. The van der Waals surface area contributed by atoms with Gasteiger partial charge >= 0.3 is 5.97 Å². The minimum atomic E-state index is -0.803. The number of aliphatic carboxylic acids is 1. The van der Waals surface area contributed by atoms with Crippen LogP contribution in [-0.2, 0) is 16.0 Å². The Labute approximate surface area is 117 Å². The summed E-state index contributed by atoms with van der Waals surface area (Å²) in [6.45, 7) is 2.76. The Bertz CT molecular complexity index is 457. The molecule has 2 rings (SSSR count). The number of carbonyl (C=O) groups excluding carboxylic acids is 1. The van der Waals surface area contributed by atoms with E-state index in [1.165, 1.54) is 4.88 Å². The highest BCUT2D eigenvalue weighted by Gasteiger charge is 2.39. The molecule has 1 N–H and O–H groups in total. The van der Waals surface area contributed by atoms with E-state index in [9.17, 15) is 14.7 Å². The summed E-state index contributed by atoms with van der Waals surface area (Å²) in [6, 6.07) is 4.00. The Morgan fingerprint density at radius 3 is 2.95 bits per heavy atom. The first kappa shape index (κ1) is 14.1. The first-order valence-corrected chi connectivity index (χ1v) is 7.43. The van der Waals surface area contributed by atoms with Crippen LogP contribution in [0.4, 0.5) is 0 Å². The Kier molecular flexibility index (Phi) is 4.24. The van der Waals surface area contributed by atoms with E-state index >= 15 is 0 Å². The molecule has 0 bridgehead atoms. The minimum Gasteiger partial charge on any atom is -0.481 e. The molecule has 0 aromatic carbocycles. The van der Waals surface area contributed by atoms with E-state index in [4.69, 9.17) is 0 Å². The third kappa shape index (κ3) is 3.35. The molecule has 2 heterocycles. The molecular formula is C14H19NO3S. The maximum absolute atomic E-state index is 12.1. The third-order valence-corrected chi connectivity index (χ3v) is 4.67. The standard InChI is InChI=1S/C14H19NO3S/c1-14(13(17)18)7-3-8-15(10-14)12(16)6-5-11-4-2-9-19-11/h2,4,9H,3,5-8,10H2,1H3,(H,17,18). The van der Waals surface area contributed by atoms with Gasteiger partial charge in [-0.25, -0.2) is 0 Å². The number of hydrogen-bond acceptors (Lipinski definition) is 3. The number of likely N-dealkylation sites (tertiary alicyclic amines) is 1. The molecule has 4 nitrogen and oxygen atoms in total. The van der Waals surface area contributed by atoms with Crippen molar-refractivity contribution in [1.82, 2.24) is 4.90 Å². The molecule has 1 aromatic heterocycles. The van der Waals surface area contributed by atoms with Crippen molar-refractivity contribution in [2.24, 2.45) is 5.41 Å². The fraction of sp³-hybridized carbons (Fsp3) is 0.571. The van der Waals surface area contributed by atoms with Gasteiger partial charge < -0.3 is 10.0 Å². The van der Waals surface area contributed by atoms with Crippen molar-refractivity contribution in [3.63, 3.8) is 0 Å². The van der Waals surface area contributed by atoms with Crippen molar-refractivity contribution in [3.05, 3.63) is 22.4 Å². The average molecular weight is 281 g/mol. The van der Waals surface area contributed by atoms with Gasteiger partial charge in [0, 0.05) is 24.4 Å². The quantitative estimate of drug-likeness (QED) is 0.922. The molecule has 1 aliphatic heterocycles. The van der Waals surface area contributed by atoms with Gasteiger partial charge in [-0.2, -0.15) is 0 Å². The molecule has 1 saturated heterocycles. The number of amides is 1. The zero-order valence-electron chi connectivity index (χ0n) is 11.1. The summed E-state index contributed by atoms with van der Waals surface area (Å²) >= 11 is 1.65. The van der Waals surface area contributed by atoms with Crippen LogP contribution in [0.5, 0.6) is 0 Å².